The maximum absolute atomic E-state index is 11.8. The third kappa shape index (κ3) is 5.62. The number of carbonyl (C=O) groups is 2. The summed E-state index contributed by atoms with van der Waals surface area (Å²) in [6.07, 6.45) is 0. The lowest BCUT2D eigenvalue weighted by atomic mass is 10.1. The molecule has 1 N–H and O–H groups in total. The van der Waals surface area contributed by atoms with Crippen LogP contribution in [0.25, 0.3) is 0 Å². The highest BCUT2D eigenvalue weighted by Crippen LogP contribution is 2.24. The third-order valence-corrected chi connectivity index (χ3v) is 4.36. The molecule has 23 heavy (non-hydrogen) atoms. The number of halogens is 1. The molecule has 0 atom stereocenters. The summed E-state index contributed by atoms with van der Waals surface area (Å²) < 4.78 is 4.89. The molecule has 2 aromatic carbocycles. The molecule has 0 aliphatic heterocycles. The number of benzene rings is 2. The number of ether oxygens (including phenoxy) is 1. The number of amides is 1. The van der Waals surface area contributed by atoms with Gasteiger partial charge in [0.05, 0.1) is 5.56 Å². The van der Waals surface area contributed by atoms with Crippen molar-refractivity contribution < 1.29 is 14.3 Å². The van der Waals surface area contributed by atoms with Crippen LogP contribution in [0.15, 0.2) is 53.4 Å². The molecule has 0 radical (unpaired) electrons. The van der Waals surface area contributed by atoms with E-state index in [9.17, 15) is 9.59 Å². The lowest BCUT2D eigenvalue weighted by Crippen LogP contribution is -2.25. The minimum absolute atomic E-state index is 0.274. The molecule has 120 valence electrons. The van der Waals surface area contributed by atoms with E-state index >= 15 is 0 Å². The van der Waals surface area contributed by atoms with Gasteiger partial charge in [-0.1, -0.05) is 23.7 Å². The summed E-state index contributed by atoms with van der Waals surface area (Å²) in [5.41, 5.74) is 1.52. The normalized spacial score (nSPS) is 10.2. The van der Waals surface area contributed by atoms with Crippen molar-refractivity contribution in [2.75, 3.05) is 13.7 Å². The Bertz CT molecular complexity index is 671. The van der Waals surface area contributed by atoms with Crippen molar-refractivity contribution in [1.29, 1.82) is 0 Å². The van der Waals surface area contributed by atoms with Gasteiger partial charge in [0.2, 0.25) is 0 Å². The second-order valence-corrected chi connectivity index (χ2v) is 6.17. The van der Waals surface area contributed by atoms with Gasteiger partial charge in [0.25, 0.3) is 5.91 Å². The smallest absolute Gasteiger partial charge is 0.338 e. The minimum atomic E-state index is -0.509. The zero-order chi connectivity index (χ0) is 16.7. The number of likely N-dealkylation sites (N-methyl/N-ethyl adjacent to an activating group) is 1. The van der Waals surface area contributed by atoms with Gasteiger partial charge in [0.15, 0.2) is 6.61 Å². The highest BCUT2D eigenvalue weighted by Gasteiger charge is 2.09. The van der Waals surface area contributed by atoms with E-state index in [0.29, 0.717) is 10.6 Å². The van der Waals surface area contributed by atoms with Crippen LogP contribution in [0.3, 0.4) is 0 Å². The molecule has 0 saturated carbocycles. The zero-order valence-electron chi connectivity index (χ0n) is 12.5. The fourth-order valence-corrected chi connectivity index (χ4v) is 2.70. The lowest BCUT2D eigenvalue weighted by molar-refractivity contribution is -0.123. The molecule has 0 unspecified atom stereocenters. The van der Waals surface area contributed by atoms with E-state index in [0.717, 1.165) is 16.2 Å². The van der Waals surface area contributed by atoms with Gasteiger partial charge in [-0.2, -0.15) is 0 Å². The summed E-state index contributed by atoms with van der Waals surface area (Å²) in [5.74, 6) is -0.0605. The van der Waals surface area contributed by atoms with Crippen molar-refractivity contribution in [2.45, 2.75) is 10.6 Å². The number of hydrogen-bond acceptors (Lipinski definition) is 4. The molecule has 0 heterocycles. The average Bonchev–Trinajstić information content (AvgIpc) is 2.59. The Morgan fingerprint density at radius 1 is 1.09 bits per heavy atom. The summed E-state index contributed by atoms with van der Waals surface area (Å²) in [7, 11) is 1.49. The molecule has 4 nitrogen and oxygen atoms in total. The predicted octanol–water partition coefficient (Wildman–Crippen LogP) is 3.54. The molecule has 2 rings (SSSR count). The van der Waals surface area contributed by atoms with Crippen LogP contribution in [-0.4, -0.2) is 25.5 Å². The summed E-state index contributed by atoms with van der Waals surface area (Å²) in [5, 5.41) is 3.11. The molecule has 0 aliphatic rings. The van der Waals surface area contributed by atoms with Crippen molar-refractivity contribution in [3.63, 3.8) is 0 Å². The first kappa shape index (κ1) is 17.4. The lowest BCUT2D eigenvalue weighted by Gasteiger charge is -2.05. The van der Waals surface area contributed by atoms with Crippen molar-refractivity contribution in [3.8, 4) is 0 Å². The van der Waals surface area contributed by atoms with Gasteiger partial charge < -0.3 is 10.1 Å². The molecule has 1 amide bonds. The van der Waals surface area contributed by atoms with E-state index in [1.54, 1.807) is 23.9 Å². The summed E-state index contributed by atoms with van der Waals surface area (Å²) in [6, 6.07) is 14.8. The van der Waals surface area contributed by atoms with Crippen LogP contribution < -0.4 is 5.32 Å². The topological polar surface area (TPSA) is 55.4 Å². The number of carbonyl (C=O) groups excluding carboxylic acids is 2. The quantitative estimate of drug-likeness (QED) is 0.640. The number of hydrogen-bond donors (Lipinski definition) is 1. The van der Waals surface area contributed by atoms with Crippen LogP contribution in [0, 0.1) is 0 Å². The van der Waals surface area contributed by atoms with Gasteiger partial charge in [-0.05, 0) is 42.0 Å². The largest absolute Gasteiger partial charge is 0.452 e. The Morgan fingerprint density at radius 2 is 1.74 bits per heavy atom. The predicted molar refractivity (Wildman–Crippen MR) is 91.8 cm³/mol. The van der Waals surface area contributed by atoms with Gasteiger partial charge in [-0.15, -0.1) is 11.8 Å². The standard InChI is InChI=1S/C17H16ClNO3S/c1-19-16(20)10-22-17(21)13-4-2-12(3-5-13)11-23-15-8-6-14(18)7-9-15/h2-9H,10-11H2,1H3,(H,19,20). The Kier molecular flexibility index (Phi) is 6.50. The van der Waals surface area contributed by atoms with Crippen LogP contribution in [-0.2, 0) is 15.3 Å². The maximum Gasteiger partial charge on any atom is 0.338 e. The SMILES string of the molecule is CNC(=O)COC(=O)c1ccc(CSc2ccc(Cl)cc2)cc1. The van der Waals surface area contributed by atoms with Gasteiger partial charge in [-0.3, -0.25) is 4.79 Å². The monoisotopic (exact) mass is 349 g/mol. The molecule has 0 aliphatic carbocycles. The van der Waals surface area contributed by atoms with Crippen molar-refractivity contribution in [1.82, 2.24) is 5.32 Å². The number of esters is 1. The average molecular weight is 350 g/mol. The van der Waals surface area contributed by atoms with Gasteiger partial charge >= 0.3 is 5.97 Å². The Morgan fingerprint density at radius 3 is 2.35 bits per heavy atom. The van der Waals surface area contributed by atoms with E-state index in [1.807, 2.05) is 36.4 Å². The van der Waals surface area contributed by atoms with Crippen LogP contribution >= 0.6 is 23.4 Å². The summed E-state index contributed by atoms with van der Waals surface area (Å²) in [6.45, 7) is -0.274. The zero-order valence-corrected chi connectivity index (χ0v) is 14.1. The van der Waals surface area contributed by atoms with E-state index in [4.69, 9.17) is 16.3 Å². The maximum atomic E-state index is 11.8. The molecule has 6 heteroatoms. The van der Waals surface area contributed by atoms with E-state index in [-0.39, 0.29) is 12.5 Å². The van der Waals surface area contributed by atoms with E-state index in [1.165, 1.54) is 7.05 Å². The molecular formula is C17H16ClNO3S. The Labute approximate surface area is 144 Å². The van der Waals surface area contributed by atoms with Gasteiger partial charge in [0.1, 0.15) is 0 Å². The molecule has 2 aromatic rings. The minimum Gasteiger partial charge on any atom is -0.452 e. The van der Waals surface area contributed by atoms with E-state index in [2.05, 4.69) is 5.32 Å². The van der Waals surface area contributed by atoms with Crippen LogP contribution in [0.2, 0.25) is 5.02 Å². The van der Waals surface area contributed by atoms with Crippen LogP contribution in [0.1, 0.15) is 15.9 Å². The number of nitrogens with one attached hydrogen (secondary N) is 1. The fourth-order valence-electron chi connectivity index (χ4n) is 1.72. The molecule has 0 saturated heterocycles. The van der Waals surface area contributed by atoms with E-state index < -0.39 is 5.97 Å². The number of rotatable bonds is 6. The number of thioether (sulfide) groups is 1. The molecule has 0 spiro atoms. The van der Waals surface area contributed by atoms with Crippen molar-refractivity contribution in [3.05, 3.63) is 64.7 Å². The summed E-state index contributed by atoms with van der Waals surface area (Å²) >= 11 is 7.54. The first-order valence-corrected chi connectivity index (χ1v) is 8.30. The molecule has 0 aromatic heterocycles. The first-order valence-electron chi connectivity index (χ1n) is 6.93. The second kappa shape index (κ2) is 8.60. The first-order chi connectivity index (χ1) is 11.1. The molecule has 0 fully saturated rings. The van der Waals surface area contributed by atoms with Crippen molar-refractivity contribution in [2.24, 2.45) is 0 Å². The van der Waals surface area contributed by atoms with Crippen LogP contribution in [0.5, 0.6) is 0 Å². The molecule has 0 bridgehead atoms. The fraction of sp³-hybridized carbons (Fsp3) is 0.176. The Balaban J connectivity index is 1.87. The highest BCUT2D eigenvalue weighted by molar-refractivity contribution is 7.98. The third-order valence-electron chi connectivity index (χ3n) is 3.02. The van der Waals surface area contributed by atoms with Gasteiger partial charge in [0, 0.05) is 22.7 Å². The van der Waals surface area contributed by atoms with Crippen molar-refractivity contribution >= 4 is 35.2 Å². The van der Waals surface area contributed by atoms with Crippen LogP contribution in [0.4, 0.5) is 0 Å². The Hall–Kier alpha value is -1.98. The highest BCUT2D eigenvalue weighted by atomic mass is 35.5. The van der Waals surface area contributed by atoms with Gasteiger partial charge in [-0.25, -0.2) is 4.79 Å². The molecular weight excluding hydrogens is 334 g/mol. The summed E-state index contributed by atoms with van der Waals surface area (Å²) in [4.78, 5) is 23.9. The second-order valence-electron chi connectivity index (χ2n) is 4.69.